The van der Waals surface area contributed by atoms with E-state index in [1.807, 2.05) is 0 Å². The molecule has 0 spiro atoms. The van der Waals surface area contributed by atoms with Crippen molar-refractivity contribution in [2.75, 3.05) is 26.0 Å². The average molecular weight is 262 g/mol. The number of rotatable bonds is 4. The predicted molar refractivity (Wildman–Crippen MR) is 84.0 cm³/mol. The van der Waals surface area contributed by atoms with Gasteiger partial charge in [0.05, 0.1) is 0 Å². The molecule has 19 heavy (non-hydrogen) atoms. The minimum absolute atomic E-state index is 0.378. The normalized spacial score (nSPS) is 11.6. The van der Waals surface area contributed by atoms with Gasteiger partial charge in [-0.15, -0.1) is 0 Å². The molecule has 4 heteroatoms. The van der Waals surface area contributed by atoms with Crippen molar-refractivity contribution in [1.29, 1.82) is 0 Å². The molecule has 1 aromatic carbocycles. The Kier molecular flexibility index (Phi) is 5.67. The number of aliphatic imine (C=N–C) groups is 1. The smallest absolute Gasteiger partial charge is 0.191 e. The fourth-order valence-electron chi connectivity index (χ4n) is 1.80. The number of aryl methyl sites for hydroxylation is 1. The number of anilines is 1. The molecule has 0 unspecified atom stereocenters. The summed E-state index contributed by atoms with van der Waals surface area (Å²) in [6, 6.07) is 6.89. The average Bonchev–Trinajstić information content (AvgIpc) is 2.34. The van der Waals surface area contributed by atoms with Gasteiger partial charge in [0.1, 0.15) is 0 Å². The van der Waals surface area contributed by atoms with Crippen LogP contribution in [0.5, 0.6) is 0 Å². The molecular weight excluding hydrogens is 236 g/mol. The van der Waals surface area contributed by atoms with Gasteiger partial charge in [0.15, 0.2) is 5.96 Å². The summed E-state index contributed by atoms with van der Waals surface area (Å²) in [7, 11) is 5.90. The molecule has 0 radical (unpaired) electrons. The van der Waals surface area contributed by atoms with E-state index in [1.54, 1.807) is 7.05 Å². The topological polar surface area (TPSA) is 39.7 Å². The van der Waals surface area contributed by atoms with Crippen LogP contribution in [0.4, 0.5) is 5.69 Å². The Morgan fingerprint density at radius 1 is 1.32 bits per heavy atom. The molecule has 0 fully saturated rings. The minimum atomic E-state index is 0.378. The van der Waals surface area contributed by atoms with Gasteiger partial charge in [0.25, 0.3) is 0 Å². The van der Waals surface area contributed by atoms with Crippen LogP contribution in [0.1, 0.15) is 25.0 Å². The summed E-state index contributed by atoms with van der Waals surface area (Å²) in [4.78, 5) is 6.32. The second-order valence-electron chi connectivity index (χ2n) is 5.23. The lowest BCUT2D eigenvalue weighted by atomic mass is 10.1. The van der Waals surface area contributed by atoms with Crippen LogP contribution in [0.25, 0.3) is 0 Å². The summed E-state index contributed by atoms with van der Waals surface area (Å²) in [5.74, 6) is 0.839. The zero-order chi connectivity index (χ0) is 14.4. The molecule has 1 rings (SSSR count). The molecule has 0 amide bonds. The van der Waals surface area contributed by atoms with Gasteiger partial charge < -0.3 is 15.5 Å². The third-order valence-electron chi connectivity index (χ3n) is 2.94. The number of hydrogen-bond donors (Lipinski definition) is 2. The molecule has 0 saturated heterocycles. The summed E-state index contributed by atoms with van der Waals surface area (Å²) in [6.45, 7) is 7.13. The Balaban J connectivity index is 2.68. The fourth-order valence-corrected chi connectivity index (χ4v) is 1.80. The van der Waals surface area contributed by atoms with Crippen molar-refractivity contribution >= 4 is 11.6 Å². The Morgan fingerprint density at radius 2 is 2.00 bits per heavy atom. The van der Waals surface area contributed by atoms with Crippen LogP contribution in [0.2, 0.25) is 0 Å². The van der Waals surface area contributed by atoms with E-state index in [-0.39, 0.29) is 0 Å². The molecule has 0 aliphatic rings. The molecule has 0 bridgehead atoms. The quantitative estimate of drug-likeness (QED) is 0.645. The van der Waals surface area contributed by atoms with Gasteiger partial charge in [-0.3, -0.25) is 4.99 Å². The van der Waals surface area contributed by atoms with Gasteiger partial charge in [0, 0.05) is 39.4 Å². The molecule has 4 nitrogen and oxygen atoms in total. The monoisotopic (exact) mass is 262 g/mol. The van der Waals surface area contributed by atoms with E-state index in [9.17, 15) is 0 Å². The third-order valence-corrected chi connectivity index (χ3v) is 2.94. The van der Waals surface area contributed by atoms with Crippen LogP contribution in [-0.4, -0.2) is 33.1 Å². The van der Waals surface area contributed by atoms with Gasteiger partial charge in [-0.1, -0.05) is 6.07 Å². The lowest BCUT2D eigenvalue weighted by molar-refractivity contribution is 0.699. The van der Waals surface area contributed by atoms with Crippen molar-refractivity contribution in [2.45, 2.75) is 33.4 Å². The summed E-state index contributed by atoms with van der Waals surface area (Å²) < 4.78 is 0. The first-order valence-corrected chi connectivity index (χ1v) is 6.68. The third kappa shape index (κ3) is 4.81. The highest BCUT2D eigenvalue weighted by molar-refractivity contribution is 5.79. The summed E-state index contributed by atoms with van der Waals surface area (Å²) in [5, 5.41) is 6.61. The van der Waals surface area contributed by atoms with E-state index in [1.165, 1.54) is 16.8 Å². The molecule has 0 atom stereocenters. The van der Waals surface area contributed by atoms with E-state index in [0.29, 0.717) is 6.04 Å². The summed E-state index contributed by atoms with van der Waals surface area (Å²) in [6.07, 6.45) is 0. The number of hydrogen-bond acceptors (Lipinski definition) is 2. The SMILES string of the molecule is CN=C(NCc1ccc(N(C)C)cc1C)NC(C)C. The Morgan fingerprint density at radius 3 is 2.47 bits per heavy atom. The molecule has 0 saturated carbocycles. The highest BCUT2D eigenvalue weighted by atomic mass is 15.2. The van der Waals surface area contributed by atoms with Crippen LogP contribution in [0.3, 0.4) is 0 Å². The Bertz CT molecular complexity index is 436. The van der Waals surface area contributed by atoms with E-state index in [4.69, 9.17) is 0 Å². The highest BCUT2D eigenvalue weighted by Gasteiger charge is 2.04. The molecular formula is C15H26N4. The fraction of sp³-hybridized carbons (Fsp3) is 0.533. The van der Waals surface area contributed by atoms with Crippen molar-refractivity contribution in [1.82, 2.24) is 10.6 Å². The van der Waals surface area contributed by atoms with Gasteiger partial charge in [-0.05, 0) is 44.0 Å². The number of nitrogens with one attached hydrogen (secondary N) is 2. The predicted octanol–water partition coefficient (Wildman–Crippen LogP) is 2.13. The van der Waals surface area contributed by atoms with Crippen molar-refractivity contribution < 1.29 is 0 Å². The first-order valence-electron chi connectivity index (χ1n) is 6.68. The Labute approximate surface area is 116 Å². The molecule has 0 aliphatic carbocycles. The van der Waals surface area contributed by atoms with Crippen LogP contribution >= 0.6 is 0 Å². The molecule has 0 aromatic heterocycles. The molecule has 2 N–H and O–H groups in total. The van der Waals surface area contributed by atoms with Crippen molar-refractivity contribution in [3.63, 3.8) is 0 Å². The molecule has 1 aromatic rings. The zero-order valence-corrected chi connectivity index (χ0v) is 12.9. The van der Waals surface area contributed by atoms with E-state index >= 15 is 0 Å². The second kappa shape index (κ2) is 7.02. The van der Waals surface area contributed by atoms with Crippen molar-refractivity contribution in [3.8, 4) is 0 Å². The maximum absolute atomic E-state index is 4.20. The van der Waals surface area contributed by atoms with Gasteiger partial charge in [-0.2, -0.15) is 0 Å². The summed E-state index contributed by atoms with van der Waals surface area (Å²) in [5.41, 5.74) is 3.81. The van der Waals surface area contributed by atoms with Gasteiger partial charge >= 0.3 is 0 Å². The number of benzene rings is 1. The number of guanidine groups is 1. The van der Waals surface area contributed by atoms with Crippen LogP contribution in [0.15, 0.2) is 23.2 Å². The second-order valence-corrected chi connectivity index (χ2v) is 5.23. The zero-order valence-electron chi connectivity index (χ0n) is 12.9. The molecule has 0 aliphatic heterocycles. The Hall–Kier alpha value is -1.71. The number of nitrogens with zero attached hydrogens (tertiary/aromatic N) is 2. The van der Waals surface area contributed by atoms with Crippen LogP contribution in [0, 0.1) is 6.92 Å². The van der Waals surface area contributed by atoms with Gasteiger partial charge in [0.2, 0.25) is 0 Å². The minimum Gasteiger partial charge on any atom is -0.378 e. The highest BCUT2D eigenvalue weighted by Crippen LogP contribution is 2.17. The van der Waals surface area contributed by atoms with Crippen molar-refractivity contribution in [2.24, 2.45) is 4.99 Å². The maximum Gasteiger partial charge on any atom is 0.191 e. The molecule has 0 heterocycles. The van der Waals surface area contributed by atoms with Crippen LogP contribution < -0.4 is 15.5 Å². The maximum atomic E-state index is 4.20. The van der Waals surface area contributed by atoms with Crippen molar-refractivity contribution in [3.05, 3.63) is 29.3 Å². The lowest BCUT2D eigenvalue weighted by Gasteiger charge is -2.17. The summed E-state index contributed by atoms with van der Waals surface area (Å²) >= 11 is 0. The van der Waals surface area contributed by atoms with E-state index < -0.39 is 0 Å². The van der Waals surface area contributed by atoms with E-state index in [0.717, 1.165) is 12.5 Å². The standard InChI is InChI=1S/C15H26N4/c1-11(2)18-15(16-4)17-10-13-7-8-14(19(5)6)9-12(13)3/h7-9,11H,10H2,1-6H3,(H2,16,17,18). The first-order chi connectivity index (χ1) is 8.93. The van der Waals surface area contributed by atoms with Gasteiger partial charge in [-0.25, -0.2) is 0 Å². The lowest BCUT2D eigenvalue weighted by Crippen LogP contribution is -2.40. The molecule has 106 valence electrons. The van der Waals surface area contributed by atoms with Crippen LogP contribution in [-0.2, 0) is 6.54 Å². The largest absolute Gasteiger partial charge is 0.378 e. The first kappa shape index (κ1) is 15.3. The van der Waals surface area contributed by atoms with E-state index in [2.05, 4.69) is 73.6 Å².